The van der Waals surface area contributed by atoms with Crippen LogP contribution in [0, 0.1) is 0 Å². The minimum atomic E-state index is -0.0658. The minimum absolute atomic E-state index is 0.0658. The first-order valence-corrected chi connectivity index (χ1v) is 9.70. The molecule has 1 aliphatic rings. The standard InChI is InChI=1S/C21H27N5O/c1-24(2)13-14-25-12-10-16(15-25)20-23-19(18-9-5-6-11-26(18)20)21(27)22-17-7-3-4-8-17/h5-6,9-12,15,17H,3-4,7-8,13-14H2,1-2H3,(H,22,27). The van der Waals surface area contributed by atoms with Crippen molar-refractivity contribution >= 4 is 11.4 Å². The highest BCUT2D eigenvalue weighted by molar-refractivity contribution is 6.00. The van der Waals surface area contributed by atoms with Gasteiger partial charge in [0.15, 0.2) is 5.69 Å². The molecule has 0 aromatic carbocycles. The molecule has 4 rings (SSSR count). The quantitative estimate of drug-likeness (QED) is 0.730. The fraction of sp³-hybridized carbons (Fsp3) is 0.429. The molecule has 1 aliphatic carbocycles. The second kappa shape index (κ2) is 7.56. The molecular weight excluding hydrogens is 338 g/mol. The molecule has 0 bridgehead atoms. The molecule has 1 saturated carbocycles. The summed E-state index contributed by atoms with van der Waals surface area (Å²) in [5, 5.41) is 3.16. The summed E-state index contributed by atoms with van der Waals surface area (Å²) in [4.78, 5) is 19.7. The Balaban J connectivity index is 1.64. The summed E-state index contributed by atoms with van der Waals surface area (Å²) in [7, 11) is 4.14. The molecule has 0 saturated heterocycles. The lowest BCUT2D eigenvalue weighted by Crippen LogP contribution is -2.32. The van der Waals surface area contributed by atoms with Crippen molar-refractivity contribution in [3.05, 3.63) is 48.5 Å². The summed E-state index contributed by atoms with van der Waals surface area (Å²) >= 11 is 0. The molecular formula is C21H27N5O. The highest BCUT2D eigenvalue weighted by atomic mass is 16.2. The molecule has 3 aromatic rings. The van der Waals surface area contributed by atoms with E-state index in [1.807, 2.05) is 28.8 Å². The lowest BCUT2D eigenvalue weighted by atomic mass is 10.2. The molecule has 0 spiro atoms. The Kier molecular flexibility index (Phi) is 4.99. The summed E-state index contributed by atoms with van der Waals surface area (Å²) in [5.41, 5.74) is 2.39. The number of aromatic nitrogens is 3. The zero-order valence-electron chi connectivity index (χ0n) is 16.1. The molecule has 1 fully saturated rings. The Hall–Kier alpha value is -2.60. The summed E-state index contributed by atoms with van der Waals surface area (Å²) in [6.07, 6.45) is 10.7. The van der Waals surface area contributed by atoms with E-state index in [9.17, 15) is 4.79 Å². The van der Waals surface area contributed by atoms with Crippen molar-refractivity contribution in [1.29, 1.82) is 0 Å². The Morgan fingerprint density at radius 2 is 2.04 bits per heavy atom. The van der Waals surface area contributed by atoms with Gasteiger partial charge in [-0.25, -0.2) is 4.98 Å². The van der Waals surface area contributed by atoms with Gasteiger partial charge in [0, 0.05) is 43.3 Å². The average molecular weight is 365 g/mol. The SMILES string of the molecule is CN(C)CCn1ccc(-c2nc(C(=O)NC3CCCC3)c3ccccn23)c1. The van der Waals surface area contributed by atoms with Crippen LogP contribution in [0.3, 0.4) is 0 Å². The summed E-state index contributed by atoms with van der Waals surface area (Å²) in [6.45, 7) is 1.90. The summed E-state index contributed by atoms with van der Waals surface area (Å²) in [6, 6.07) is 8.24. The van der Waals surface area contributed by atoms with E-state index >= 15 is 0 Å². The van der Waals surface area contributed by atoms with Gasteiger partial charge < -0.3 is 14.8 Å². The molecule has 6 heteroatoms. The number of carbonyl (C=O) groups excluding carboxylic acids is 1. The van der Waals surface area contributed by atoms with Crippen molar-refractivity contribution in [3.63, 3.8) is 0 Å². The number of likely N-dealkylation sites (N-methyl/N-ethyl adjacent to an activating group) is 1. The van der Waals surface area contributed by atoms with Crippen LogP contribution in [0.5, 0.6) is 0 Å². The predicted molar refractivity (Wildman–Crippen MR) is 107 cm³/mol. The fourth-order valence-corrected chi connectivity index (χ4v) is 3.76. The van der Waals surface area contributed by atoms with Crippen molar-refractivity contribution in [2.75, 3.05) is 20.6 Å². The zero-order chi connectivity index (χ0) is 18.8. The van der Waals surface area contributed by atoms with Crippen molar-refractivity contribution < 1.29 is 4.79 Å². The van der Waals surface area contributed by atoms with E-state index in [1.54, 1.807) is 0 Å². The van der Waals surface area contributed by atoms with Crippen LogP contribution in [-0.4, -0.2) is 51.4 Å². The Labute approximate surface area is 159 Å². The van der Waals surface area contributed by atoms with E-state index in [2.05, 4.69) is 47.3 Å². The van der Waals surface area contributed by atoms with E-state index < -0.39 is 0 Å². The third-order valence-corrected chi connectivity index (χ3v) is 5.27. The molecule has 0 radical (unpaired) electrons. The number of amides is 1. The van der Waals surface area contributed by atoms with Crippen LogP contribution in [-0.2, 0) is 6.54 Å². The lowest BCUT2D eigenvalue weighted by molar-refractivity contribution is 0.0935. The summed E-state index contributed by atoms with van der Waals surface area (Å²) < 4.78 is 4.17. The largest absolute Gasteiger partial charge is 0.352 e. The topological polar surface area (TPSA) is 54.6 Å². The first kappa shape index (κ1) is 17.8. The van der Waals surface area contributed by atoms with E-state index in [4.69, 9.17) is 4.98 Å². The first-order valence-electron chi connectivity index (χ1n) is 9.70. The van der Waals surface area contributed by atoms with Gasteiger partial charge in [-0.2, -0.15) is 0 Å². The van der Waals surface area contributed by atoms with Crippen LogP contribution >= 0.6 is 0 Å². The van der Waals surface area contributed by atoms with Crippen LogP contribution < -0.4 is 5.32 Å². The van der Waals surface area contributed by atoms with Gasteiger partial charge in [0.1, 0.15) is 5.82 Å². The lowest BCUT2D eigenvalue weighted by Gasteiger charge is -2.10. The molecule has 1 N–H and O–H groups in total. The van der Waals surface area contributed by atoms with Crippen molar-refractivity contribution in [1.82, 2.24) is 24.2 Å². The van der Waals surface area contributed by atoms with E-state index in [0.717, 1.165) is 42.8 Å². The molecule has 0 aliphatic heterocycles. The number of nitrogens with one attached hydrogen (secondary N) is 1. The number of rotatable bonds is 6. The van der Waals surface area contributed by atoms with Gasteiger partial charge in [0.2, 0.25) is 0 Å². The van der Waals surface area contributed by atoms with Gasteiger partial charge in [0.25, 0.3) is 5.91 Å². The Morgan fingerprint density at radius 1 is 1.22 bits per heavy atom. The highest BCUT2D eigenvalue weighted by Gasteiger charge is 2.23. The van der Waals surface area contributed by atoms with Gasteiger partial charge >= 0.3 is 0 Å². The number of hydrogen-bond acceptors (Lipinski definition) is 3. The van der Waals surface area contributed by atoms with Gasteiger partial charge in [-0.3, -0.25) is 9.20 Å². The maximum atomic E-state index is 12.8. The third kappa shape index (κ3) is 3.76. The predicted octanol–water partition coefficient (Wildman–Crippen LogP) is 3.04. The van der Waals surface area contributed by atoms with Gasteiger partial charge in [-0.1, -0.05) is 18.9 Å². The maximum absolute atomic E-state index is 12.8. The second-order valence-corrected chi connectivity index (χ2v) is 7.64. The number of pyridine rings is 1. The highest BCUT2D eigenvalue weighted by Crippen LogP contribution is 2.24. The number of nitrogens with zero attached hydrogens (tertiary/aromatic N) is 4. The van der Waals surface area contributed by atoms with Crippen LogP contribution in [0.2, 0.25) is 0 Å². The average Bonchev–Trinajstić information content (AvgIpc) is 3.39. The molecule has 6 nitrogen and oxygen atoms in total. The van der Waals surface area contributed by atoms with E-state index in [-0.39, 0.29) is 11.9 Å². The number of hydrogen-bond donors (Lipinski definition) is 1. The maximum Gasteiger partial charge on any atom is 0.272 e. The monoisotopic (exact) mass is 365 g/mol. The van der Waals surface area contributed by atoms with Crippen LogP contribution in [0.4, 0.5) is 0 Å². The van der Waals surface area contributed by atoms with E-state index in [1.165, 1.54) is 12.8 Å². The molecule has 3 heterocycles. The minimum Gasteiger partial charge on any atom is -0.352 e. The number of fused-ring (bicyclic) bond motifs is 1. The third-order valence-electron chi connectivity index (χ3n) is 5.27. The normalized spacial score (nSPS) is 15.1. The smallest absolute Gasteiger partial charge is 0.272 e. The zero-order valence-corrected chi connectivity index (χ0v) is 16.1. The number of imidazole rings is 1. The molecule has 3 aromatic heterocycles. The molecule has 142 valence electrons. The molecule has 27 heavy (non-hydrogen) atoms. The molecule has 0 atom stereocenters. The first-order chi connectivity index (χ1) is 13.1. The summed E-state index contributed by atoms with van der Waals surface area (Å²) in [5.74, 6) is 0.745. The Morgan fingerprint density at radius 3 is 2.81 bits per heavy atom. The van der Waals surface area contributed by atoms with Crippen molar-refractivity contribution in [2.45, 2.75) is 38.3 Å². The molecule has 0 unspecified atom stereocenters. The Bertz CT molecular complexity index is 933. The van der Waals surface area contributed by atoms with Gasteiger partial charge in [0.05, 0.1) is 5.52 Å². The van der Waals surface area contributed by atoms with Crippen molar-refractivity contribution in [3.8, 4) is 11.4 Å². The van der Waals surface area contributed by atoms with E-state index in [0.29, 0.717) is 5.69 Å². The second-order valence-electron chi connectivity index (χ2n) is 7.64. The van der Waals surface area contributed by atoms with Crippen LogP contribution in [0.25, 0.3) is 16.9 Å². The van der Waals surface area contributed by atoms with Crippen LogP contribution in [0.15, 0.2) is 42.9 Å². The van der Waals surface area contributed by atoms with Crippen LogP contribution in [0.1, 0.15) is 36.2 Å². The van der Waals surface area contributed by atoms with Crippen molar-refractivity contribution in [2.24, 2.45) is 0 Å². The fourth-order valence-electron chi connectivity index (χ4n) is 3.76. The number of carbonyl (C=O) groups is 1. The van der Waals surface area contributed by atoms with Gasteiger partial charge in [-0.15, -0.1) is 0 Å². The molecule has 1 amide bonds. The van der Waals surface area contributed by atoms with Gasteiger partial charge in [-0.05, 0) is 45.1 Å².